The van der Waals surface area contributed by atoms with E-state index in [-0.39, 0.29) is 11.9 Å². The van der Waals surface area contributed by atoms with Gasteiger partial charge in [-0.1, -0.05) is 18.2 Å². The molecular weight excluding hydrogens is 352 g/mol. The standard InChI is InChI=1S/C22H16N4O2/c27-21(11-6-16-12-15-23-20-5-2-1-4-19(16)20)26-17-7-9-18(10-8-17)28-22-24-13-3-14-25-22/h1-15H,(H,26,27)/b11-6-. The summed E-state index contributed by atoms with van der Waals surface area (Å²) in [5, 5.41) is 3.82. The van der Waals surface area contributed by atoms with Crippen molar-refractivity contribution < 1.29 is 9.53 Å². The number of hydrogen-bond acceptors (Lipinski definition) is 5. The lowest BCUT2D eigenvalue weighted by Crippen LogP contribution is -2.07. The topological polar surface area (TPSA) is 77.0 Å². The largest absolute Gasteiger partial charge is 0.424 e. The predicted molar refractivity (Wildman–Crippen MR) is 108 cm³/mol. The molecule has 0 atom stereocenters. The maximum atomic E-state index is 12.2. The fraction of sp³-hybridized carbons (Fsp3) is 0. The molecule has 4 aromatic rings. The lowest BCUT2D eigenvalue weighted by molar-refractivity contribution is -0.111. The first-order valence-corrected chi connectivity index (χ1v) is 8.66. The Morgan fingerprint density at radius 2 is 1.64 bits per heavy atom. The van der Waals surface area contributed by atoms with Crippen LogP contribution in [0.15, 0.2) is 85.3 Å². The van der Waals surface area contributed by atoms with Gasteiger partial charge in [-0.15, -0.1) is 0 Å². The van der Waals surface area contributed by atoms with Crippen LogP contribution in [0.5, 0.6) is 11.8 Å². The van der Waals surface area contributed by atoms with E-state index < -0.39 is 0 Å². The molecule has 0 aliphatic carbocycles. The second kappa shape index (κ2) is 8.09. The van der Waals surface area contributed by atoms with Crippen molar-refractivity contribution in [3.8, 4) is 11.8 Å². The van der Waals surface area contributed by atoms with Gasteiger partial charge in [-0.05, 0) is 54.1 Å². The summed E-state index contributed by atoms with van der Waals surface area (Å²) >= 11 is 0. The Kier molecular flexibility index (Phi) is 5.02. The first-order valence-electron chi connectivity index (χ1n) is 8.66. The number of aromatic nitrogens is 3. The normalized spacial score (nSPS) is 10.9. The first kappa shape index (κ1) is 17.4. The highest BCUT2D eigenvalue weighted by atomic mass is 16.5. The van der Waals surface area contributed by atoms with E-state index >= 15 is 0 Å². The zero-order valence-electron chi connectivity index (χ0n) is 14.8. The van der Waals surface area contributed by atoms with Crippen LogP contribution in [0.1, 0.15) is 5.56 Å². The summed E-state index contributed by atoms with van der Waals surface area (Å²) in [6.45, 7) is 0. The van der Waals surface area contributed by atoms with Crippen LogP contribution in [-0.2, 0) is 4.79 Å². The first-order chi connectivity index (χ1) is 13.8. The van der Waals surface area contributed by atoms with Crippen LogP contribution < -0.4 is 10.1 Å². The summed E-state index contributed by atoms with van der Waals surface area (Å²) < 4.78 is 5.53. The lowest BCUT2D eigenvalue weighted by atomic mass is 10.1. The van der Waals surface area contributed by atoms with E-state index in [2.05, 4.69) is 20.3 Å². The average Bonchev–Trinajstić information content (AvgIpc) is 2.74. The van der Waals surface area contributed by atoms with Gasteiger partial charge in [0.15, 0.2) is 0 Å². The molecule has 6 nitrogen and oxygen atoms in total. The van der Waals surface area contributed by atoms with Crippen LogP contribution in [0.3, 0.4) is 0 Å². The van der Waals surface area contributed by atoms with Crippen molar-refractivity contribution in [1.82, 2.24) is 15.0 Å². The van der Waals surface area contributed by atoms with Gasteiger partial charge in [0.05, 0.1) is 5.52 Å². The Balaban J connectivity index is 1.41. The van der Waals surface area contributed by atoms with E-state index in [0.717, 1.165) is 16.5 Å². The van der Waals surface area contributed by atoms with Gasteiger partial charge in [-0.25, -0.2) is 9.97 Å². The van der Waals surface area contributed by atoms with Crippen molar-refractivity contribution in [1.29, 1.82) is 0 Å². The van der Waals surface area contributed by atoms with Crippen LogP contribution in [0, 0.1) is 0 Å². The van der Waals surface area contributed by atoms with E-state index in [4.69, 9.17) is 4.74 Å². The van der Waals surface area contributed by atoms with E-state index in [1.54, 1.807) is 55.0 Å². The molecule has 0 radical (unpaired) electrons. The van der Waals surface area contributed by atoms with Crippen molar-refractivity contribution in [3.05, 3.63) is 90.9 Å². The van der Waals surface area contributed by atoms with Crippen LogP contribution in [0.4, 0.5) is 5.69 Å². The van der Waals surface area contributed by atoms with Crippen molar-refractivity contribution in [2.45, 2.75) is 0 Å². The summed E-state index contributed by atoms with van der Waals surface area (Å²) in [6, 6.07) is 18.7. The molecule has 0 bridgehead atoms. The Morgan fingerprint density at radius 3 is 2.46 bits per heavy atom. The minimum absolute atomic E-state index is 0.221. The maximum absolute atomic E-state index is 12.2. The third-order valence-electron chi connectivity index (χ3n) is 3.97. The van der Waals surface area contributed by atoms with E-state index in [0.29, 0.717) is 11.4 Å². The molecule has 136 valence electrons. The van der Waals surface area contributed by atoms with Crippen LogP contribution in [0.2, 0.25) is 0 Å². The van der Waals surface area contributed by atoms with Crippen LogP contribution in [0.25, 0.3) is 17.0 Å². The number of benzene rings is 2. The van der Waals surface area contributed by atoms with Gasteiger partial charge in [-0.3, -0.25) is 9.78 Å². The number of nitrogens with zero attached hydrogens (tertiary/aromatic N) is 3. The summed E-state index contributed by atoms with van der Waals surface area (Å²) in [4.78, 5) is 24.6. The van der Waals surface area contributed by atoms with Gasteiger partial charge >= 0.3 is 6.01 Å². The number of amides is 1. The number of para-hydroxylation sites is 1. The van der Waals surface area contributed by atoms with Crippen LogP contribution in [-0.4, -0.2) is 20.9 Å². The Bertz CT molecular complexity index is 1120. The zero-order chi connectivity index (χ0) is 19.2. The molecule has 0 saturated carbocycles. The number of ether oxygens (including phenoxy) is 1. The number of pyridine rings is 1. The second-order valence-corrected chi connectivity index (χ2v) is 5.90. The van der Waals surface area contributed by atoms with Crippen molar-refractivity contribution in [2.75, 3.05) is 5.32 Å². The fourth-order valence-corrected chi connectivity index (χ4v) is 2.66. The average molecular weight is 368 g/mol. The second-order valence-electron chi connectivity index (χ2n) is 5.90. The number of nitrogens with one attached hydrogen (secondary N) is 1. The molecule has 0 saturated heterocycles. The highest BCUT2D eigenvalue weighted by molar-refractivity contribution is 6.03. The van der Waals surface area contributed by atoms with Gasteiger partial charge in [0, 0.05) is 35.7 Å². The van der Waals surface area contributed by atoms with Gasteiger partial charge in [0.2, 0.25) is 5.91 Å². The third kappa shape index (κ3) is 4.19. The van der Waals surface area contributed by atoms with E-state index in [1.807, 2.05) is 30.3 Å². The predicted octanol–water partition coefficient (Wildman–Crippen LogP) is 4.47. The van der Waals surface area contributed by atoms with E-state index in [9.17, 15) is 4.79 Å². The summed E-state index contributed by atoms with van der Waals surface area (Å²) in [7, 11) is 0. The quantitative estimate of drug-likeness (QED) is 0.526. The number of carbonyl (C=O) groups is 1. The number of carbonyl (C=O) groups excluding carboxylic acids is 1. The van der Waals surface area contributed by atoms with Gasteiger partial charge in [0.25, 0.3) is 0 Å². The molecule has 1 N–H and O–H groups in total. The molecule has 1 amide bonds. The summed E-state index contributed by atoms with van der Waals surface area (Å²) in [5.74, 6) is 0.365. The number of fused-ring (bicyclic) bond motifs is 1. The molecule has 4 rings (SSSR count). The molecule has 0 fully saturated rings. The van der Waals surface area contributed by atoms with Crippen molar-refractivity contribution in [3.63, 3.8) is 0 Å². The molecule has 0 aliphatic heterocycles. The minimum Gasteiger partial charge on any atom is -0.424 e. The smallest absolute Gasteiger partial charge is 0.321 e. The van der Waals surface area contributed by atoms with Crippen molar-refractivity contribution >= 4 is 28.6 Å². The SMILES string of the molecule is O=C(/C=C\c1ccnc2ccccc12)Nc1ccc(Oc2ncccn2)cc1. The molecule has 0 unspecified atom stereocenters. The Labute approximate surface area is 161 Å². The molecule has 6 heteroatoms. The van der Waals surface area contributed by atoms with Crippen LogP contribution >= 0.6 is 0 Å². The number of rotatable bonds is 5. The summed E-state index contributed by atoms with van der Waals surface area (Å²) in [6.07, 6.45) is 8.23. The van der Waals surface area contributed by atoms with Gasteiger partial charge < -0.3 is 10.1 Å². The van der Waals surface area contributed by atoms with Gasteiger partial charge in [-0.2, -0.15) is 0 Å². The molecule has 28 heavy (non-hydrogen) atoms. The number of anilines is 1. The fourth-order valence-electron chi connectivity index (χ4n) is 2.66. The maximum Gasteiger partial charge on any atom is 0.321 e. The number of hydrogen-bond donors (Lipinski definition) is 1. The minimum atomic E-state index is -0.221. The molecular formula is C22H16N4O2. The highest BCUT2D eigenvalue weighted by Crippen LogP contribution is 2.20. The summed E-state index contributed by atoms with van der Waals surface area (Å²) in [5.41, 5.74) is 2.49. The van der Waals surface area contributed by atoms with Crippen molar-refractivity contribution in [2.24, 2.45) is 0 Å². The zero-order valence-corrected chi connectivity index (χ0v) is 14.8. The molecule has 2 heterocycles. The molecule has 2 aromatic carbocycles. The van der Waals surface area contributed by atoms with E-state index in [1.165, 1.54) is 6.08 Å². The molecule has 0 aliphatic rings. The Hall–Kier alpha value is -4.06. The highest BCUT2D eigenvalue weighted by Gasteiger charge is 2.03. The third-order valence-corrected chi connectivity index (χ3v) is 3.97. The Morgan fingerprint density at radius 1 is 0.857 bits per heavy atom. The monoisotopic (exact) mass is 368 g/mol. The molecule has 0 spiro atoms. The van der Waals surface area contributed by atoms with Gasteiger partial charge in [0.1, 0.15) is 5.75 Å². The lowest BCUT2D eigenvalue weighted by Gasteiger charge is -2.05. The molecule has 2 aromatic heterocycles.